The van der Waals surface area contributed by atoms with Crippen molar-refractivity contribution < 1.29 is 18.0 Å². The molecule has 0 bridgehead atoms. The molecule has 0 amide bonds. The lowest BCUT2D eigenvalue weighted by atomic mass is 10.1. The summed E-state index contributed by atoms with van der Waals surface area (Å²) in [6.45, 7) is 4.78. The normalized spacial score (nSPS) is 11.3. The summed E-state index contributed by atoms with van der Waals surface area (Å²) in [7, 11) is 0. The fourth-order valence-electron chi connectivity index (χ4n) is 2.64. The van der Waals surface area contributed by atoms with Gasteiger partial charge in [0.15, 0.2) is 5.96 Å². The van der Waals surface area contributed by atoms with Gasteiger partial charge in [-0.1, -0.05) is 31.1 Å². The molecule has 6 nitrogen and oxygen atoms in total. The molecule has 1 aromatic heterocycles. The Hall–Kier alpha value is -1.91. The molecule has 156 valence electrons. The second-order valence-corrected chi connectivity index (χ2v) is 5.81. The molecule has 2 aromatic rings. The molecule has 0 aliphatic rings. The van der Waals surface area contributed by atoms with Crippen molar-refractivity contribution in [3.63, 3.8) is 0 Å². The average molecular weight is 508 g/mol. The van der Waals surface area contributed by atoms with E-state index in [9.17, 15) is 8.78 Å². The van der Waals surface area contributed by atoms with E-state index in [0.29, 0.717) is 25.6 Å². The third-order valence-electron chi connectivity index (χ3n) is 3.93. The molecule has 0 aliphatic heterocycles. The molecule has 1 heterocycles. The minimum absolute atomic E-state index is 0. The summed E-state index contributed by atoms with van der Waals surface area (Å²) in [4.78, 5) is 4.51. The van der Waals surface area contributed by atoms with E-state index in [1.54, 1.807) is 12.1 Å². The molecule has 0 spiro atoms. The summed E-state index contributed by atoms with van der Waals surface area (Å²) in [5, 5.41) is 10.6. The first-order valence-electron chi connectivity index (χ1n) is 9.09. The number of benzene rings is 1. The van der Waals surface area contributed by atoms with Crippen LogP contribution in [0.2, 0.25) is 0 Å². The van der Waals surface area contributed by atoms with E-state index in [1.165, 1.54) is 6.07 Å². The van der Waals surface area contributed by atoms with Crippen molar-refractivity contribution >= 4 is 29.9 Å². The highest BCUT2D eigenvalue weighted by Gasteiger charge is 2.13. The number of hydrogen-bond acceptors (Lipinski definition) is 4. The number of nitrogens with one attached hydrogen (secondary N) is 2. The van der Waals surface area contributed by atoms with Gasteiger partial charge in [-0.15, -0.1) is 24.0 Å². The molecule has 0 unspecified atom stereocenters. The Bertz CT molecular complexity index is 732. The van der Waals surface area contributed by atoms with E-state index in [1.807, 2.05) is 26.8 Å². The third-order valence-corrected chi connectivity index (χ3v) is 3.93. The van der Waals surface area contributed by atoms with E-state index >= 15 is 0 Å². The maximum Gasteiger partial charge on any atom is 0.387 e. The Morgan fingerprint density at radius 1 is 1.21 bits per heavy atom. The summed E-state index contributed by atoms with van der Waals surface area (Å²) in [6, 6.07) is 6.54. The van der Waals surface area contributed by atoms with E-state index in [2.05, 4.69) is 25.5 Å². The van der Waals surface area contributed by atoms with Crippen molar-refractivity contribution in [3.8, 4) is 5.75 Å². The van der Waals surface area contributed by atoms with Crippen molar-refractivity contribution in [2.24, 2.45) is 4.99 Å². The Balaban J connectivity index is 0.00000392. The quantitative estimate of drug-likeness (QED) is 0.301. The molecular weight excluding hydrogens is 481 g/mol. The molecule has 2 N–H and O–H groups in total. The first-order valence-corrected chi connectivity index (χ1v) is 9.09. The lowest BCUT2D eigenvalue weighted by Gasteiger charge is -2.12. The molecule has 2 rings (SSSR count). The van der Waals surface area contributed by atoms with Gasteiger partial charge in [0.05, 0.1) is 12.2 Å². The fourth-order valence-corrected chi connectivity index (χ4v) is 2.64. The van der Waals surface area contributed by atoms with Crippen molar-refractivity contribution in [3.05, 3.63) is 46.8 Å². The first kappa shape index (κ1) is 24.1. The van der Waals surface area contributed by atoms with Crippen molar-refractivity contribution in [2.45, 2.75) is 53.3 Å². The summed E-state index contributed by atoms with van der Waals surface area (Å²) in [6.07, 6.45) is 1.57. The maximum absolute atomic E-state index is 12.3. The zero-order chi connectivity index (χ0) is 19.6. The van der Waals surface area contributed by atoms with Gasteiger partial charge in [0.2, 0.25) is 0 Å². The van der Waals surface area contributed by atoms with Crippen LogP contribution in [-0.4, -0.2) is 24.3 Å². The highest BCUT2D eigenvalue weighted by molar-refractivity contribution is 14.0. The number of aryl methyl sites for hydroxylation is 2. The number of guanidine groups is 1. The second kappa shape index (κ2) is 12.5. The van der Waals surface area contributed by atoms with Gasteiger partial charge in [-0.3, -0.25) is 0 Å². The zero-order valence-electron chi connectivity index (χ0n) is 16.3. The molecule has 28 heavy (non-hydrogen) atoms. The summed E-state index contributed by atoms with van der Waals surface area (Å²) in [5.74, 6) is 1.62. The van der Waals surface area contributed by atoms with Crippen LogP contribution in [0.25, 0.3) is 0 Å². The van der Waals surface area contributed by atoms with Gasteiger partial charge in [-0.05, 0) is 31.0 Å². The van der Waals surface area contributed by atoms with E-state index < -0.39 is 6.61 Å². The number of hydrogen-bond donors (Lipinski definition) is 2. The van der Waals surface area contributed by atoms with Crippen LogP contribution in [-0.2, 0) is 25.9 Å². The third kappa shape index (κ3) is 7.25. The molecule has 0 radical (unpaired) electrons. The molecule has 0 aliphatic carbocycles. The van der Waals surface area contributed by atoms with Crippen LogP contribution >= 0.6 is 24.0 Å². The van der Waals surface area contributed by atoms with Gasteiger partial charge >= 0.3 is 6.61 Å². The number of ether oxygens (including phenoxy) is 1. The standard InChI is InChI=1S/C19H26F2N4O2.HI/c1-4-16-15(17(5-2)27-25-16)12-24-19(22-6-3)23-11-13-8-7-9-14(10-13)26-18(20)21;/h7-10,18H,4-6,11-12H2,1-3H3,(H2,22,23,24);1H. The predicted octanol–water partition coefficient (Wildman–Crippen LogP) is 4.27. The summed E-state index contributed by atoms with van der Waals surface area (Å²) in [5.41, 5.74) is 2.77. The molecule has 0 atom stereocenters. The van der Waals surface area contributed by atoms with Crippen LogP contribution in [0.4, 0.5) is 8.78 Å². The van der Waals surface area contributed by atoms with Crippen LogP contribution in [0.3, 0.4) is 0 Å². The molecule has 1 aromatic carbocycles. The van der Waals surface area contributed by atoms with Crippen LogP contribution < -0.4 is 15.4 Å². The van der Waals surface area contributed by atoms with Crippen LogP contribution in [0.5, 0.6) is 5.75 Å². The van der Waals surface area contributed by atoms with Gasteiger partial charge in [0.25, 0.3) is 0 Å². The Labute approximate surface area is 181 Å². The van der Waals surface area contributed by atoms with Gasteiger partial charge in [0, 0.05) is 25.1 Å². The lowest BCUT2D eigenvalue weighted by molar-refractivity contribution is -0.0498. The highest BCUT2D eigenvalue weighted by atomic mass is 127. The topological polar surface area (TPSA) is 71.7 Å². The van der Waals surface area contributed by atoms with Crippen LogP contribution in [0.15, 0.2) is 33.8 Å². The van der Waals surface area contributed by atoms with Gasteiger partial charge < -0.3 is 19.9 Å². The SMILES string of the molecule is CCNC(=NCc1cccc(OC(F)F)c1)NCc1c(CC)noc1CC.I. The minimum Gasteiger partial charge on any atom is -0.435 e. The van der Waals surface area contributed by atoms with Crippen LogP contribution in [0.1, 0.15) is 43.4 Å². The Morgan fingerprint density at radius 3 is 2.64 bits per heavy atom. The average Bonchev–Trinajstić information content (AvgIpc) is 3.05. The highest BCUT2D eigenvalue weighted by Crippen LogP contribution is 2.17. The molecule has 0 saturated heterocycles. The number of aliphatic imine (C=N–C) groups is 1. The minimum atomic E-state index is -2.84. The van der Waals surface area contributed by atoms with E-state index in [0.717, 1.165) is 35.4 Å². The zero-order valence-corrected chi connectivity index (χ0v) is 18.6. The number of rotatable bonds is 9. The smallest absolute Gasteiger partial charge is 0.387 e. The van der Waals surface area contributed by atoms with Crippen molar-refractivity contribution in [1.82, 2.24) is 15.8 Å². The van der Waals surface area contributed by atoms with Gasteiger partial charge in [0.1, 0.15) is 11.5 Å². The molecule has 9 heteroatoms. The maximum atomic E-state index is 12.3. The molecule has 0 saturated carbocycles. The fraction of sp³-hybridized carbons (Fsp3) is 0.474. The van der Waals surface area contributed by atoms with E-state index in [4.69, 9.17) is 4.52 Å². The van der Waals surface area contributed by atoms with Crippen molar-refractivity contribution in [2.75, 3.05) is 6.54 Å². The van der Waals surface area contributed by atoms with E-state index in [-0.39, 0.29) is 29.7 Å². The monoisotopic (exact) mass is 508 g/mol. The lowest BCUT2D eigenvalue weighted by Crippen LogP contribution is -2.37. The number of nitrogens with zero attached hydrogens (tertiary/aromatic N) is 2. The van der Waals surface area contributed by atoms with Crippen molar-refractivity contribution in [1.29, 1.82) is 0 Å². The Kier molecular flexibility index (Phi) is 10.8. The second-order valence-electron chi connectivity index (χ2n) is 5.81. The number of aromatic nitrogens is 1. The number of alkyl halides is 2. The molecule has 0 fully saturated rings. The largest absolute Gasteiger partial charge is 0.435 e. The molecular formula is C19H27F2IN4O2. The van der Waals surface area contributed by atoms with Gasteiger partial charge in [-0.25, -0.2) is 4.99 Å². The first-order chi connectivity index (χ1) is 13.1. The van der Waals surface area contributed by atoms with Gasteiger partial charge in [-0.2, -0.15) is 8.78 Å². The number of halogens is 3. The predicted molar refractivity (Wildman–Crippen MR) is 115 cm³/mol. The van der Waals surface area contributed by atoms with Crippen LogP contribution in [0, 0.1) is 0 Å². The summed E-state index contributed by atoms with van der Waals surface area (Å²) >= 11 is 0. The summed E-state index contributed by atoms with van der Waals surface area (Å²) < 4.78 is 34.5. The Morgan fingerprint density at radius 2 is 2.00 bits per heavy atom.